The van der Waals surface area contributed by atoms with E-state index in [1.54, 1.807) is 23.8 Å². The molecule has 1 unspecified atom stereocenters. The number of rotatable bonds is 9. The standard InChI is InChI=1S/C25H36N2O5/c1-4-6-16-26-21(17-22(28)32-5-2)23(29)27(18-19-10-12-20(31-3)13-11-19)25(24(26)30)14-8-7-9-15-25/h10-13,21H,4-9,14-18H2,1-3H3. The lowest BCUT2D eigenvalue weighted by Gasteiger charge is -2.54. The molecule has 1 saturated carbocycles. The molecule has 1 aromatic rings. The monoisotopic (exact) mass is 444 g/mol. The highest BCUT2D eigenvalue weighted by Gasteiger charge is 2.56. The average molecular weight is 445 g/mol. The Kier molecular flexibility index (Phi) is 8.15. The maximum absolute atomic E-state index is 14.0. The van der Waals surface area contributed by atoms with Crippen LogP contribution in [-0.2, 0) is 25.7 Å². The third-order valence-electron chi connectivity index (χ3n) is 6.70. The number of nitrogens with zero attached hydrogens (tertiary/aromatic N) is 2. The number of unbranched alkanes of at least 4 members (excludes halogenated alkanes) is 1. The maximum atomic E-state index is 14.0. The minimum atomic E-state index is -0.825. The molecule has 0 radical (unpaired) electrons. The first-order valence-electron chi connectivity index (χ1n) is 11.9. The van der Waals surface area contributed by atoms with Crippen LogP contribution in [0.15, 0.2) is 24.3 Å². The van der Waals surface area contributed by atoms with Crippen molar-refractivity contribution in [3.8, 4) is 5.75 Å². The summed E-state index contributed by atoms with van der Waals surface area (Å²) in [5, 5.41) is 0. The molecule has 7 nitrogen and oxygen atoms in total. The summed E-state index contributed by atoms with van der Waals surface area (Å²) in [6.45, 7) is 4.89. The first-order valence-corrected chi connectivity index (χ1v) is 11.9. The highest BCUT2D eigenvalue weighted by atomic mass is 16.5. The topological polar surface area (TPSA) is 76.2 Å². The van der Waals surface area contributed by atoms with Gasteiger partial charge in [0.25, 0.3) is 0 Å². The number of esters is 1. The molecule has 1 aliphatic carbocycles. The Hall–Kier alpha value is -2.57. The van der Waals surface area contributed by atoms with Gasteiger partial charge in [-0.3, -0.25) is 14.4 Å². The third-order valence-corrected chi connectivity index (χ3v) is 6.70. The lowest BCUT2D eigenvalue weighted by atomic mass is 9.76. The molecule has 1 heterocycles. The number of methoxy groups -OCH3 is 1. The van der Waals surface area contributed by atoms with Crippen LogP contribution in [0.5, 0.6) is 5.75 Å². The average Bonchev–Trinajstić information content (AvgIpc) is 2.81. The molecule has 1 atom stereocenters. The predicted molar refractivity (Wildman–Crippen MR) is 121 cm³/mol. The van der Waals surface area contributed by atoms with Crippen LogP contribution >= 0.6 is 0 Å². The van der Waals surface area contributed by atoms with Crippen LogP contribution in [0.1, 0.15) is 70.8 Å². The number of carbonyl (C=O) groups is 3. The Labute approximate surface area is 191 Å². The Morgan fingerprint density at radius 3 is 2.38 bits per heavy atom. The van der Waals surface area contributed by atoms with Gasteiger partial charge in [0.1, 0.15) is 17.3 Å². The largest absolute Gasteiger partial charge is 0.497 e. The normalized spacial score (nSPS) is 20.5. The molecule has 0 N–H and O–H groups in total. The number of carbonyl (C=O) groups excluding carboxylic acids is 3. The number of hydrogen-bond acceptors (Lipinski definition) is 5. The van der Waals surface area contributed by atoms with E-state index in [1.165, 1.54) is 0 Å². The van der Waals surface area contributed by atoms with E-state index >= 15 is 0 Å². The predicted octanol–water partition coefficient (Wildman–Crippen LogP) is 3.69. The van der Waals surface area contributed by atoms with Gasteiger partial charge in [0.2, 0.25) is 11.8 Å². The molecule has 2 fully saturated rings. The van der Waals surface area contributed by atoms with Crippen molar-refractivity contribution in [2.75, 3.05) is 20.3 Å². The van der Waals surface area contributed by atoms with Crippen LogP contribution in [-0.4, -0.2) is 59.4 Å². The summed E-state index contributed by atoms with van der Waals surface area (Å²) in [6, 6.07) is 6.78. The van der Waals surface area contributed by atoms with E-state index in [0.717, 1.165) is 43.4 Å². The van der Waals surface area contributed by atoms with Crippen molar-refractivity contribution in [2.24, 2.45) is 0 Å². The van der Waals surface area contributed by atoms with Crippen LogP contribution < -0.4 is 4.74 Å². The molecule has 32 heavy (non-hydrogen) atoms. The Morgan fingerprint density at radius 1 is 1.09 bits per heavy atom. The van der Waals surface area contributed by atoms with Crippen LogP contribution in [0.25, 0.3) is 0 Å². The molecule has 176 valence electrons. The van der Waals surface area contributed by atoms with Crippen molar-refractivity contribution in [1.82, 2.24) is 9.80 Å². The summed E-state index contributed by atoms with van der Waals surface area (Å²) < 4.78 is 10.4. The first kappa shape index (κ1) is 24.1. The Balaban J connectivity index is 1.97. The first-order chi connectivity index (χ1) is 15.5. The van der Waals surface area contributed by atoms with Gasteiger partial charge in [-0.25, -0.2) is 0 Å². The summed E-state index contributed by atoms with van der Waals surface area (Å²) in [6.07, 6.45) is 5.85. The van der Waals surface area contributed by atoms with E-state index < -0.39 is 17.6 Å². The van der Waals surface area contributed by atoms with Crippen molar-refractivity contribution in [3.63, 3.8) is 0 Å². The highest BCUT2D eigenvalue weighted by molar-refractivity contribution is 6.01. The van der Waals surface area contributed by atoms with Crippen LogP contribution in [0.2, 0.25) is 0 Å². The van der Waals surface area contributed by atoms with Gasteiger partial charge >= 0.3 is 5.97 Å². The van der Waals surface area contributed by atoms with Crippen molar-refractivity contribution in [1.29, 1.82) is 0 Å². The molecule has 0 bridgehead atoms. The minimum absolute atomic E-state index is 0.00643. The fourth-order valence-electron chi connectivity index (χ4n) is 4.97. The molecular weight excluding hydrogens is 408 g/mol. The van der Waals surface area contributed by atoms with E-state index in [2.05, 4.69) is 6.92 Å². The molecule has 2 aliphatic rings. The second-order valence-electron chi connectivity index (χ2n) is 8.74. The van der Waals surface area contributed by atoms with Crippen LogP contribution in [0.3, 0.4) is 0 Å². The molecule has 1 spiro atoms. The number of ether oxygens (including phenoxy) is 2. The SMILES string of the molecule is CCCCN1C(=O)C2(CCCCC2)N(Cc2ccc(OC)cc2)C(=O)C1CC(=O)OCC. The second kappa shape index (κ2) is 10.8. The number of amides is 2. The summed E-state index contributed by atoms with van der Waals surface area (Å²) >= 11 is 0. The van der Waals surface area contributed by atoms with Gasteiger partial charge in [-0.05, 0) is 43.9 Å². The summed E-state index contributed by atoms with van der Waals surface area (Å²) in [5.74, 6) is 0.150. The fourth-order valence-corrected chi connectivity index (χ4v) is 4.97. The maximum Gasteiger partial charge on any atom is 0.308 e. The second-order valence-corrected chi connectivity index (χ2v) is 8.74. The van der Waals surface area contributed by atoms with Crippen molar-refractivity contribution in [3.05, 3.63) is 29.8 Å². The smallest absolute Gasteiger partial charge is 0.308 e. The quantitative estimate of drug-likeness (QED) is 0.543. The molecular formula is C25H36N2O5. The van der Waals surface area contributed by atoms with Gasteiger partial charge in [0, 0.05) is 13.1 Å². The van der Waals surface area contributed by atoms with E-state index in [0.29, 0.717) is 25.9 Å². The number of piperazine rings is 1. The van der Waals surface area contributed by atoms with Gasteiger partial charge < -0.3 is 19.3 Å². The van der Waals surface area contributed by atoms with Gasteiger partial charge in [0.15, 0.2) is 0 Å². The number of benzene rings is 1. The molecule has 7 heteroatoms. The zero-order valence-corrected chi connectivity index (χ0v) is 19.6. The molecule has 0 aromatic heterocycles. The van der Waals surface area contributed by atoms with Gasteiger partial charge in [-0.15, -0.1) is 0 Å². The zero-order valence-electron chi connectivity index (χ0n) is 19.6. The summed E-state index contributed by atoms with van der Waals surface area (Å²) in [5.41, 5.74) is 0.113. The molecule has 1 aliphatic heterocycles. The van der Waals surface area contributed by atoms with Gasteiger partial charge in [-0.1, -0.05) is 44.7 Å². The molecule has 1 aromatic carbocycles. The minimum Gasteiger partial charge on any atom is -0.497 e. The van der Waals surface area contributed by atoms with Crippen molar-refractivity contribution >= 4 is 17.8 Å². The van der Waals surface area contributed by atoms with Crippen LogP contribution in [0, 0.1) is 0 Å². The van der Waals surface area contributed by atoms with E-state index in [9.17, 15) is 14.4 Å². The summed E-state index contributed by atoms with van der Waals surface area (Å²) in [7, 11) is 1.61. The van der Waals surface area contributed by atoms with Crippen LogP contribution in [0.4, 0.5) is 0 Å². The molecule has 3 rings (SSSR count). The molecule has 1 saturated heterocycles. The molecule has 2 amide bonds. The highest BCUT2D eigenvalue weighted by Crippen LogP contribution is 2.41. The Bertz CT molecular complexity index is 801. The fraction of sp³-hybridized carbons (Fsp3) is 0.640. The van der Waals surface area contributed by atoms with Gasteiger partial charge in [-0.2, -0.15) is 0 Å². The zero-order chi connectivity index (χ0) is 23.1. The number of hydrogen-bond donors (Lipinski definition) is 0. The summed E-state index contributed by atoms with van der Waals surface area (Å²) in [4.78, 5) is 43.6. The lowest BCUT2D eigenvalue weighted by Crippen LogP contribution is -2.72. The third kappa shape index (κ3) is 4.92. The van der Waals surface area contributed by atoms with Crippen molar-refractivity contribution < 1.29 is 23.9 Å². The van der Waals surface area contributed by atoms with Gasteiger partial charge in [0.05, 0.1) is 20.1 Å². The van der Waals surface area contributed by atoms with E-state index in [-0.39, 0.29) is 24.8 Å². The Morgan fingerprint density at radius 2 is 1.78 bits per heavy atom. The van der Waals surface area contributed by atoms with E-state index in [4.69, 9.17) is 9.47 Å². The van der Waals surface area contributed by atoms with Crippen molar-refractivity contribution in [2.45, 2.75) is 83.3 Å². The lowest BCUT2D eigenvalue weighted by molar-refractivity contribution is -0.177. The van der Waals surface area contributed by atoms with E-state index in [1.807, 2.05) is 24.3 Å².